The highest BCUT2D eigenvalue weighted by Crippen LogP contribution is 2.38. The van der Waals surface area contributed by atoms with Gasteiger partial charge in [-0.1, -0.05) is 41.9 Å². The fraction of sp³-hybridized carbons (Fsp3) is 0.0526. The first-order chi connectivity index (χ1) is 11.3. The van der Waals surface area contributed by atoms with E-state index >= 15 is 0 Å². The molecule has 0 bridgehead atoms. The lowest BCUT2D eigenvalue weighted by Gasteiger charge is -2.26. The zero-order valence-corrected chi connectivity index (χ0v) is 12.9. The molecule has 0 saturated carbocycles. The monoisotopic (exact) mass is 320 g/mol. The molecule has 112 valence electrons. The van der Waals surface area contributed by atoms with Gasteiger partial charge in [0, 0.05) is 28.5 Å². The summed E-state index contributed by atoms with van der Waals surface area (Å²) in [5.74, 6) is 0.603. The van der Waals surface area contributed by atoms with Crippen LogP contribution in [0.4, 0.5) is 5.69 Å². The second-order valence-electron chi connectivity index (χ2n) is 5.26. The van der Waals surface area contributed by atoms with E-state index in [2.05, 4.69) is 9.98 Å². The molecule has 1 aliphatic heterocycles. The Morgan fingerprint density at radius 3 is 2.39 bits per heavy atom. The number of rotatable bonds is 2. The Hall–Kier alpha value is -2.65. The van der Waals surface area contributed by atoms with E-state index in [9.17, 15) is 0 Å². The van der Waals surface area contributed by atoms with Crippen LogP contribution in [0, 0.1) is 0 Å². The summed E-state index contributed by atoms with van der Waals surface area (Å²) in [7, 11) is 0. The number of hydrogen-bond acceptors (Lipinski definition) is 3. The SMILES string of the molecule is Clc1ccc(C2OC(c3ccncc3)=Nc3ccccc32)cc1. The first-order valence-corrected chi connectivity index (χ1v) is 7.69. The minimum Gasteiger partial charge on any atom is -0.464 e. The van der Waals surface area contributed by atoms with Gasteiger partial charge in [0.25, 0.3) is 0 Å². The van der Waals surface area contributed by atoms with Crippen molar-refractivity contribution >= 4 is 23.2 Å². The number of halogens is 1. The number of para-hydroxylation sites is 1. The van der Waals surface area contributed by atoms with Gasteiger partial charge in [0.2, 0.25) is 5.90 Å². The summed E-state index contributed by atoms with van der Waals surface area (Å²) in [6, 6.07) is 19.5. The van der Waals surface area contributed by atoms with Crippen molar-refractivity contribution in [1.82, 2.24) is 4.98 Å². The van der Waals surface area contributed by atoms with E-state index in [1.807, 2.05) is 60.7 Å². The van der Waals surface area contributed by atoms with Crippen LogP contribution in [0.2, 0.25) is 5.02 Å². The maximum atomic E-state index is 6.20. The fourth-order valence-corrected chi connectivity index (χ4v) is 2.76. The molecule has 0 amide bonds. The summed E-state index contributed by atoms with van der Waals surface area (Å²) >= 11 is 6.00. The molecule has 1 aliphatic rings. The van der Waals surface area contributed by atoms with Gasteiger partial charge in [-0.05, 0) is 35.9 Å². The van der Waals surface area contributed by atoms with E-state index in [1.165, 1.54) is 0 Å². The average molecular weight is 321 g/mol. The highest BCUT2D eigenvalue weighted by Gasteiger charge is 2.25. The van der Waals surface area contributed by atoms with E-state index in [0.29, 0.717) is 10.9 Å². The van der Waals surface area contributed by atoms with Gasteiger partial charge in [0.05, 0.1) is 5.69 Å². The predicted octanol–water partition coefficient (Wildman–Crippen LogP) is 4.93. The number of benzene rings is 2. The van der Waals surface area contributed by atoms with Crippen LogP contribution in [0.3, 0.4) is 0 Å². The number of hydrogen-bond donors (Lipinski definition) is 0. The van der Waals surface area contributed by atoms with Crippen LogP contribution in [0.1, 0.15) is 22.8 Å². The second kappa shape index (κ2) is 5.86. The van der Waals surface area contributed by atoms with Crippen molar-refractivity contribution in [2.45, 2.75) is 6.10 Å². The zero-order chi connectivity index (χ0) is 15.6. The second-order valence-corrected chi connectivity index (χ2v) is 5.70. The third kappa shape index (κ3) is 2.71. The first-order valence-electron chi connectivity index (χ1n) is 7.31. The van der Waals surface area contributed by atoms with Gasteiger partial charge in [0.15, 0.2) is 6.10 Å². The lowest BCUT2D eigenvalue weighted by atomic mass is 9.98. The van der Waals surface area contributed by atoms with Crippen LogP contribution in [-0.2, 0) is 4.74 Å². The molecule has 0 N–H and O–H groups in total. The molecule has 23 heavy (non-hydrogen) atoms. The topological polar surface area (TPSA) is 34.5 Å². The minimum atomic E-state index is -0.205. The summed E-state index contributed by atoms with van der Waals surface area (Å²) < 4.78 is 6.20. The van der Waals surface area contributed by atoms with Crippen LogP contribution in [0.15, 0.2) is 78.0 Å². The maximum absolute atomic E-state index is 6.20. The lowest BCUT2D eigenvalue weighted by Crippen LogP contribution is -2.17. The van der Waals surface area contributed by atoms with E-state index in [-0.39, 0.29) is 6.10 Å². The fourth-order valence-electron chi connectivity index (χ4n) is 2.63. The summed E-state index contributed by atoms with van der Waals surface area (Å²) in [5.41, 5.74) is 3.93. The number of nitrogens with zero attached hydrogens (tertiary/aromatic N) is 2. The van der Waals surface area contributed by atoms with E-state index in [0.717, 1.165) is 22.4 Å². The van der Waals surface area contributed by atoms with E-state index in [1.54, 1.807) is 12.4 Å². The van der Waals surface area contributed by atoms with Gasteiger partial charge in [-0.3, -0.25) is 4.98 Å². The summed E-state index contributed by atoms with van der Waals surface area (Å²) in [6.07, 6.45) is 3.27. The zero-order valence-electron chi connectivity index (χ0n) is 12.2. The number of aliphatic imine (C=N–C) groups is 1. The third-order valence-corrected chi connectivity index (χ3v) is 4.02. The molecule has 0 spiro atoms. The molecule has 1 unspecified atom stereocenters. The third-order valence-electron chi connectivity index (χ3n) is 3.77. The number of fused-ring (bicyclic) bond motifs is 1. The maximum Gasteiger partial charge on any atom is 0.222 e. The van der Waals surface area contributed by atoms with Gasteiger partial charge < -0.3 is 4.74 Å². The van der Waals surface area contributed by atoms with Gasteiger partial charge in [0.1, 0.15) is 0 Å². The molecule has 0 radical (unpaired) electrons. The molecule has 3 aromatic rings. The minimum absolute atomic E-state index is 0.205. The highest BCUT2D eigenvalue weighted by atomic mass is 35.5. The molecular formula is C19H13ClN2O. The van der Waals surface area contributed by atoms with Gasteiger partial charge in [-0.15, -0.1) is 0 Å². The summed E-state index contributed by atoms with van der Waals surface area (Å²) in [4.78, 5) is 8.70. The molecule has 1 aromatic heterocycles. The molecule has 4 heteroatoms. The summed E-state index contributed by atoms with van der Waals surface area (Å²) in [6.45, 7) is 0. The molecule has 1 atom stereocenters. The van der Waals surface area contributed by atoms with Crippen molar-refractivity contribution in [1.29, 1.82) is 0 Å². The molecule has 0 aliphatic carbocycles. The van der Waals surface area contributed by atoms with Crippen LogP contribution in [-0.4, -0.2) is 10.9 Å². The smallest absolute Gasteiger partial charge is 0.222 e. The lowest BCUT2D eigenvalue weighted by molar-refractivity contribution is 0.229. The van der Waals surface area contributed by atoms with E-state index < -0.39 is 0 Å². The number of aromatic nitrogens is 1. The summed E-state index contributed by atoms with van der Waals surface area (Å²) in [5, 5.41) is 0.709. The molecular weight excluding hydrogens is 308 g/mol. The Morgan fingerprint density at radius 1 is 0.870 bits per heavy atom. The Labute approximate surface area is 139 Å². The first kappa shape index (κ1) is 14.0. The Bertz CT molecular complexity index is 860. The Kier molecular flexibility index (Phi) is 3.56. The van der Waals surface area contributed by atoms with Gasteiger partial charge >= 0.3 is 0 Å². The van der Waals surface area contributed by atoms with E-state index in [4.69, 9.17) is 16.3 Å². The molecule has 3 nitrogen and oxygen atoms in total. The molecule has 0 fully saturated rings. The highest BCUT2D eigenvalue weighted by molar-refractivity contribution is 6.30. The Morgan fingerprint density at radius 2 is 1.61 bits per heavy atom. The molecule has 2 aromatic carbocycles. The molecule has 2 heterocycles. The number of pyridine rings is 1. The molecule has 0 saturated heterocycles. The standard InChI is InChI=1S/C19H13ClN2O/c20-15-7-5-13(6-8-15)18-16-3-1-2-4-17(16)22-19(23-18)14-9-11-21-12-10-14/h1-12,18H. The normalized spacial score (nSPS) is 16.2. The van der Waals surface area contributed by atoms with Gasteiger partial charge in [-0.25, -0.2) is 4.99 Å². The van der Waals surface area contributed by atoms with Crippen molar-refractivity contribution in [3.05, 3.63) is 94.8 Å². The van der Waals surface area contributed by atoms with Crippen LogP contribution < -0.4 is 0 Å². The quantitative estimate of drug-likeness (QED) is 0.670. The van der Waals surface area contributed by atoms with Crippen molar-refractivity contribution < 1.29 is 4.74 Å². The van der Waals surface area contributed by atoms with Crippen LogP contribution in [0.5, 0.6) is 0 Å². The Balaban J connectivity index is 1.82. The van der Waals surface area contributed by atoms with Crippen LogP contribution in [0.25, 0.3) is 0 Å². The average Bonchev–Trinajstić information content (AvgIpc) is 2.62. The van der Waals surface area contributed by atoms with Crippen molar-refractivity contribution in [2.24, 2.45) is 4.99 Å². The van der Waals surface area contributed by atoms with Crippen molar-refractivity contribution in [3.63, 3.8) is 0 Å². The van der Waals surface area contributed by atoms with Gasteiger partial charge in [-0.2, -0.15) is 0 Å². The largest absolute Gasteiger partial charge is 0.464 e. The van der Waals surface area contributed by atoms with Crippen molar-refractivity contribution in [2.75, 3.05) is 0 Å². The molecule has 4 rings (SSSR count). The predicted molar refractivity (Wildman–Crippen MR) is 91.3 cm³/mol. The number of ether oxygens (including phenoxy) is 1. The van der Waals surface area contributed by atoms with Crippen molar-refractivity contribution in [3.8, 4) is 0 Å². The van der Waals surface area contributed by atoms with Crippen LogP contribution >= 0.6 is 11.6 Å².